The molecule has 0 amide bonds. The van der Waals surface area contributed by atoms with Gasteiger partial charge in [-0.15, -0.1) is 0 Å². The van der Waals surface area contributed by atoms with Crippen molar-refractivity contribution in [2.75, 3.05) is 26.2 Å². The molecule has 0 radical (unpaired) electrons. The minimum atomic E-state index is -0.621. The zero-order chi connectivity index (χ0) is 24.8. The van der Waals surface area contributed by atoms with Gasteiger partial charge in [-0.2, -0.15) is 0 Å². The molecule has 6 atom stereocenters. The number of rotatable bonds is 7. The predicted octanol–water partition coefficient (Wildman–Crippen LogP) is 6.11. The summed E-state index contributed by atoms with van der Waals surface area (Å²) < 4.78 is 6.07. The molecular formula is C31H43NO3. The van der Waals surface area contributed by atoms with E-state index >= 15 is 0 Å². The van der Waals surface area contributed by atoms with Gasteiger partial charge in [0.25, 0.3) is 0 Å². The number of phenolic OH excluding ortho intramolecular Hbond substituents is 1. The van der Waals surface area contributed by atoms with Crippen LogP contribution in [0.1, 0.15) is 81.9 Å². The van der Waals surface area contributed by atoms with Crippen LogP contribution in [0.25, 0.3) is 0 Å². The largest absolute Gasteiger partial charge is 0.508 e. The van der Waals surface area contributed by atoms with E-state index in [9.17, 15) is 10.2 Å². The van der Waals surface area contributed by atoms with Crippen LogP contribution >= 0.6 is 0 Å². The number of likely N-dealkylation sites (N-methyl/N-ethyl adjacent to an activating group) is 1. The van der Waals surface area contributed by atoms with Crippen molar-refractivity contribution in [3.8, 4) is 11.5 Å². The fraction of sp³-hybridized carbons (Fsp3) is 0.613. The van der Waals surface area contributed by atoms with Gasteiger partial charge < -0.3 is 19.8 Å². The Bertz CT molecular complexity index is 1030. The summed E-state index contributed by atoms with van der Waals surface area (Å²) in [6.07, 6.45) is 5.16. The summed E-state index contributed by atoms with van der Waals surface area (Å²) in [6.45, 7) is 12.5. The molecule has 190 valence electrons. The van der Waals surface area contributed by atoms with E-state index in [0.29, 0.717) is 36.0 Å². The first-order chi connectivity index (χ1) is 16.8. The van der Waals surface area contributed by atoms with Gasteiger partial charge in [-0.3, -0.25) is 0 Å². The smallest absolute Gasteiger partial charge is 0.119 e. The third kappa shape index (κ3) is 4.27. The molecule has 5 rings (SSSR count). The number of aromatic hydroxyl groups is 1. The normalized spacial score (nSPS) is 33.8. The molecule has 0 heterocycles. The molecule has 0 unspecified atom stereocenters. The predicted molar refractivity (Wildman–Crippen MR) is 141 cm³/mol. The fourth-order valence-electron chi connectivity index (χ4n) is 7.88. The number of aryl methyl sites for hydroxylation is 1. The molecule has 0 saturated heterocycles. The van der Waals surface area contributed by atoms with Crippen LogP contribution in [0, 0.1) is 17.3 Å². The number of nitrogens with zero attached hydrogens (tertiary/aromatic N) is 1. The zero-order valence-electron chi connectivity index (χ0n) is 22.0. The molecule has 4 heteroatoms. The Balaban J connectivity index is 1.45. The first-order valence-electron chi connectivity index (χ1n) is 13.8. The van der Waals surface area contributed by atoms with Gasteiger partial charge in [0.2, 0.25) is 0 Å². The maximum Gasteiger partial charge on any atom is 0.119 e. The van der Waals surface area contributed by atoms with Crippen LogP contribution in [0.5, 0.6) is 11.5 Å². The van der Waals surface area contributed by atoms with Crippen LogP contribution in [0.15, 0.2) is 42.5 Å². The number of fused-ring (bicyclic) bond motifs is 5. The van der Waals surface area contributed by atoms with Gasteiger partial charge in [0.05, 0.1) is 5.60 Å². The van der Waals surface area contributed by atoms with Gasteiger partial charge in [-0.05, 0) is 122 Å². The van der Waals surface area contributed by atoms with Crippen LogP contribution in [0.2, 0.25) is 0 Å². The van der Waals surface area contributed by atoms with Crippen molar-refractivity contribution in [2.45, 2.75) is 77.2 Å². The minimum absolute atomic E-state index is 0.0772. The Hall–Kier alpha value is -2.04. The van der Waals surface area contributed by atoms with Gasteiger partial charge in [-0.1, -0.05) is 39.0 Å². The van der Waals surface area contributed by atoms with Crippen molar-refractivity contribution in [2.24, 2.45) is 17.3 Å². The third-order valence-electron chi connectivity index (χ3n) is 10.2. The Kier molecular flexibility index (Phi) is 6.65. The Morgan fingerprint density at radius 3 is 2.49 bits per heavy atom. The lowest BCUT2D eigenvalue weighted by Gasteiger charge is -2.56. The van der Waals surface area contributed by atoms with E-state index < -0.39 is 5.60 Å². The van der Waals surface area contributed by atoms with Crippen LogP contribution in [-0.2, 0) is 6.42 Å². The molecule has 3 aliphatic rings. The van der Waals surface area contributed by atoms with Gasteiger partial charge in [0.15, 0.2) is 0 Å². The van der Waals surface area contributed by atoms with E-state index in [1.54, 1.807) is 0 Å². The number of aliphatic hydroxyl groups is 1. The number of phenols is 1. The topological polar surface area (TPSA) is 52.9 Å². The molecule has 4 nitrogen and oxygen atoms in total. The first-order valence-corrected chi connectivity index (χ1v) is 13.8. The summed E-state index contributed by atoms with van der Waals surface area (Å²) in [7, 11) is 0. The summed E-state index contributed by atoms with van der Waals surface area (Å²) in [6, 6.07) is 14.8. The molecule has 2 aromatic carbocycles. The SMILES string of the molecule is CCN(CC)CCOc1ccc([C@H]2C[C@@]3(C)[C@@H](CC[C@]3(C)O)[C@@H]3CCc4cc(O)ccc4[C@H]32)cc1. The van der Waals surface area contributed by atoms with Crippen molar-refractivity contribution in [1.29, 1.82) is 0 Å². The average Bonchev–Trinajstić information content (AvgIpc) is 3.10. The van der Waals surface area contributed by atoms with Gasteiger partial charge in [0.1, 0.15) is 18.1 Å². The van der Waals surface area contributed by atoms with Crippen molar-refractivity contribution in [3.05, 3.63) is 59.2 Å². The maximum atomic E-state index is 11.5. The quantitative estimate of drug-likeness (QED) is 0.505. The molecule has 0 aliphatic heterocycles. The van der Waals surface area contributed by atoms with Crippen molar-refractivity contribution in [3.63, 3.8) is 0 Å². The van der Waals surface area contributed by atoms with E-state index in [4.69, 9.17) is 4.74 Å². The second-order valence-corrected chi connectivity index (χ2v) is 11.7. The van der Waals surface area contributed by atoms with Crippen LogP contribution in [0.4, 0.5) is 0 Å². The molecule has 0 bridgehead atoms. The summed E-state index contributed by atoms with van der Waals surface area (Å²) in [4.78, 5) is 2.37. The molecule has 2 saturated carbocycles. The average molecular weight is 478 g/mol. The van der Waals surface area contributed by atoms with E-state index in [1.807, 2.05) is 12.1 Å². The number of benzene rings is 2. The highest BCUT2D eigenvalue weighted by Gasteiger charge is 2.62. The minimum Gasteiger partial charge on any atom is -0.508 e. The summed E-state index contributed by atoms with van der Waals surface area (Å²) in [5.74, 6) is 3.19. The lowest BCUT2D eigenvalue weighted by atomic mass is 9.49. The second kappa shape index (κ2) is 9.44. The van der Waals surface area contributed by atoms with E-state index in [0.717, 1.165) is 57.5 Å². The lowest BCUT2D eigenvalue weighted by Crippen LogP contribution is -2.51. The highest BCUT2D eigenvalue weighted by Crippen LogP contribution is 2.67. The van der Waals surface area contributed by atoms with Crippen LogP contribution in [-0.4, -0.2) is 47.0 Å². The molecule has 0 spiro atoms. The highest BCUT2D eigenvalue weighted by molar-refractivity contribution is 5.44. The van der Waals surface area contributed by atoms with E-state index in [1.165, 1.54) is 16.7 Å². The number of hydrogen-bond donors (Lipinski definition) is 2. The highest BCUT2D eigenvalue weighted by atomic mass is 16.5. The van der Waals surface area contributed by atoms with Crippen molar-refractivity contribution in [1.82, 2.24) is 4.90 Å². The van der Waals surface area contributed by atoms with Gasteiger partial charge >= 0.3 is 0 Å². The molecule has 2 fully saturated rings. The fourth-order valence-corrected chi connectivity index (χ4v) is 7.88. The van der Waals surface area contributed by atoms with E-state index in [2.05, 4.69) is 62.9 Å². The molecule has 2 N–H and O–H groups in total. The summed E-state index contributed by atoms with van der Waals surface area (Å²) in [5.41, 5.74) is 3.37. The molecule has 35 heavy (non-hydrogen) atoms. The molecule has 0 aromatic heterocycles. The lowest BCUT2D eigenvalue weighted by molar-refractivity contribution is -0.0963. The van der Waals surface area contributed by atoms with Crippen LogP contribution < -0.4 is 4.74 Å². The monoisotopic (exact) mass is 477 g/mol. The Morgan fingerprint density at radius 1 is 1.03 bits per heavy atom. The summed E-state index contributed by atoms with van der Waals surface area (Å²) in [5, 5.41) is 21.6. The summed E-state index contributed by atoms with van der Waals surface area (Å²) >= 11 is 0. The second-order valence-electron chi connectivity index (χ2n) is 11.7. The third-order valence-corrected chi connectivity index (χ3v) is 10.2. The Labute approximate surface area is 211 Å². The maximum absolute atomic E-state index is 11.5. The van der Waals surface area contributed by atoms with Gasteiger partial charge in [-0.25, -0.2) is 0 Å². The molecule has 2 aromatic rings. The standard InChI is InChI=1S/C31H43NO3/c1-5-32(6-2)17-18-35-24-11-7-21(8-12-24)27-20-30(3)28(15-16-31(30,4)34)26-13-9-22-19-23(33)10-14-25(22)29(26)27/h7-8,10-12,14,19,26-29,33-34H,5-6,9,13,15-18,20H2,1-4H3/t26-,27+,28-,29+,30-,31-/m0/s1. The molecule has 3 aliphatic carbocycles. The number of hydrogen-bond acceptors (Lipinski definition) is 4. The first kappa shape index (κ1) is 24.6. The number of ether oxygens (including phenoxy) is 1. The molecular weight excluding hydrogens is 434 g/mol. The van der Waals surface area contributed by atoms with Gasteiger partial charge in [0, 0.05) is 6.54 Å². The Morgan fingerprint density at radius 2 is 1.77 bits per heavy atom. The van der Waals surface area contributed by atoms with Crippen molar-refractivity contribution >= 4 is 0 Å². The zero-order valence-corrected chi connectivity index (χ0v) is 22.0. The van der Waals surface area contributed by atoms with E-state index in [-0.39, 0.29) is 5.41 Å². The van der Waals surface area contributed by atoms with Crippen molar-refractivity contribution < 1.29 is 14.9 Å². The van der Waals surface area contributed by atoms with Crippen LogP contribution in [0.3, 0.4) is 0 Å².